The number of ketones is 1. The van der Waals surface area contributed by atoms with Crippen molar-refractivity contribution < 1.29 is 28.7 Å². The van der Waals surface area contributed by atoms with Gasteiger partial charge in [0.15, 0.2) is 12.4 Å². The lowest BCUT2D eigenvalue weighted by molar-refractivity contribution is -0.131. The van der Waals surface area contributed by atoms with Crippen molar-refractivity contribution in [1.29, 1.82) is 0 Å². The number of anilines is 1. The third kappa shape index (κ3) is 7.11. The van der Waals surface area contributed by atoms with Crippen molar-refractivity contribution in [3.8, 4) is 5.75 Å². The molecule has 0 radical (unpaired) electrons. The van der Waals surface area contributed by atoms with Crippen molar-refractivity contribution in [2.45, 2.75) is 33.1 Å². The molecule has 0 bridgehead atoms. The molecule has 1 amide bonds. The third-order valence-electron chi connectivity index (χ3n) is 5.14. The highest BCUT2D eigenvalue weighted by Crippen LogP contribution is 2.22. The number of hydrogen-bond acceptors (Lipinski definition) is 6. The molecule has 3 aromatic rings. The highest BCUT2D eigenvalue weighted by atomic mass is 16.5. The van der Waals surface area contributed by atoms with Crippen molar-refractivity contribution in [3.63, 3.8) is 0 Å². The summed E-state index contributed by atoms with van der Waals surface area (Å²) in [5, 5.41) is 2.77. The van der Waals surface area contributed by atoms with Crippen LogP contribution in [0.15, 0.2) is 72.8 Å². The van der Waals surface area contributed by atoms with Crippen LogP contribution in [0.5, 0.6) is 5.75 Å². The summed E-state index contributed by atoms with van der Waals surface area (Å²) < 4.78 is 10.1. The number of ether oxygens (including phenoxy) is 2. The van der Waals surface area contributed by atoms with E-state index in [0.29, 0.717) is 22.6 Å². The largest absolute Gasteiger partial charge is 0.454 e. The Kier molecular flexibility index (Phi) is 7.81. The SMILES string of the molecule is CC(=O)Oc1ccc(C(=O)COC(=O)c2cccc(NC(=O)c3ccc(C(C)(C)C)cc3)c2)cc1. The highest BCUT2D eigenvalue weighted by Gasteiger charge is 2.16. The summed E-state index contributed by atoms with van der Waals surface area (Å²) in [7, 11) is 0. The predicted molar refractivity (Wildman–Crippen MR) is 132 cm³/mol. The quantitative estimate of drug-likeness (QED) is 0.288. The minimum absolute atomic E-state index is 0.0154. The number of nitrogens with one attached hydrogen (secondary N) is 1. The highest BCUT2D eigenvalue weighted by molar-refractivity contribution is 6.05. The van der Waals surface area contributed by atoms with Crippen LogP contribution in [0.1, 0.15) is 64.3 Å². The lowest BCUT2D eigenvalue weighted by Crippen LogP contribution is -2.16. The zero-order chi connectivity index (χ0) is 25.6. The van der Waals surface area contributed by atoms with Crippen LogP contribution in [0, 0.1) is 0 Å². The number of hydrogen-bond donors (Lipinski definition) is 1. The van der Waals surface area contributed by atoms with Crippen molar-refractivity contribution in [1.82, 2.24) is 0 Å². The van der Waals surface area contributed by atoms with E-state index >= 15 is 0 Å². The first-order chi connectivity index (χ1) is 16.5. The summed E-state index contributed by atoms with van der Waals surface area (Å²) in [5.41, 5.74) is 2.54. The van der Waals surface area contributed by atoms with E-state index in [1.54, 1.807) is 24.3 Å². The summed E-state index contributed by atoms with van der Waals surface area (Å²) in [6.07, 6.45) is 0. The smallest absolute Gasteiger partial charge is 0.338 e. The maximum Gasteiger partial charge on any atom is 0.338 e. The third-order valence-corrected chi connectivity index (χ3v) is 5.14. The molecule has 0 aliphatic carbocycles. The fraction of sp³-hybridized carbons (Fsp3) is 0.214. The summed E-state index contributed by atoms with van der Waals surface area (Å²) in [4.78, 5) is 48.4. The Morgan fingerprint density at radius 1 is 0.800 bits per heavy atom. The fourth-order valence-electron chi connectivity index (χ4n) is 3.22. The van der Waals surface area contributed by atoms with Gasteiger partial charge < -0.3 is 14.8 Å². The molecule has 3 rings (SSSR count). The van der Waals surface area contributed by atoms with E-state index in [1.807, 2.05) is 12.1 Å². The molecular formula is C28H27NO6. The molecule has 0 heterocycles. The van der Waals surface area contributed by atoms with Gasteiger partial charge in [0.25, 0.3) is 5.91 Å². The maximum absolute atomic E-state index is 12.6. The van der Waals surface area contributed by atoms with Crippen LogP contribution in [0.4, 0.5) is 5.69 Å². The molecule has 7 heteroatoms. The molecule has 0 atom stereocenters. The Bertz CT molecular complexity index is 1240. The van der Waals surface area contributed by atoms with Gasteiger partial charge in [0.05, 0.1) is 5.56 Å². The minimum Gasteiger partial charge on any atom is -0.454 e. The van der Waals surface area contributed by atoms with Crippen LogP contribution in [-0.4, -0.2) is 30.2 Å². The van der Waals surface area contributed by atoms with Crippen molar-refractivity contribution >= 4 is 29.3 Å². The molecule has 7 nitrogen and oxygen atoms in total. The predicted octanol–water partition coefficient (Wildman–Crippen LogP) is 5.20. The van der Waals surface area contributed by atoms with E-state index in [9.17, 15) is 19.2 Å². The molecular weight excluding hydrogens is 446 g/mol. The monoisotopic (exact) mass is 473 g/mol. The minimum atomic E-state index is -0.694. The first-order valence-corrected chi connectivity index (χ1v) is 11.0. The Balaban J connectivity index is 1.59. The van der Waals surface area contributed by atoms with E-state index in [0.717, 1.165) is 5.56 Å². The number of amides is 1. The summed E-state index contributed by atoms with van der Waals surface area (Å²) in [6, 6.07) is 19.6. The zero-order valence-corrected chi connectivity index (χ0v) is 20.1. The van der Waals surface area contributed by atoms with Crippen LogP contribution in [0.3, 0.4) is 0 Å². The van der Waals surface area contributed by atoms with Gasteiger partial charge >= 0.3 is 11.9 Å². The molecule has 0 saturated heterocycles. The second-order valence-electron chi connectivity index (χ2n) is 8.98. The molecule has 180 valence electrons. The number of carbonyl (C=O) groups excluding carboxylic acids is 4. The number of carbonyl (C=O) groups is 4. The van der Waals surface area contributed by atoms with Gasteiger partial charge in [-0.2, -0.15) is 0 Å². The Hall–Kier alpha value is -4.26. The molecule has 3 aromatic carbocycles. The van der Waals surface area contributed by atoms with E-state index in [4.69, 9.17) is 9.47 Å². The van der Waals surface area contributed by atoms with Crippen LogP contribution in [-0.2, 0) is 14.9 Å². The number of rotatable bonds is 7. The van der Waals surface area contributed by atoms with E-state index in [1.165, 1.54) is 43.3 Å². The first kappa shape index (κ1) is 25.4. The number of Topliss-reactive ketones (excluding diaryl/α,β-unsaturated/α-hetero) is 1. The van der Waals surface area contributed by atoms with Crippen LogP contribution in [0.25, 0.3) is 0 Å². The van der Waals surface area contributed by atoms with Gasteiger partial charge in [-0.3, -0.25) is 14.4 Å². The van der Waals surface area contributed by atoms with Gasteiger partial charge in [-0.15, -0.1) is 0 Å². The van der Waals surface area contributed by atoms with Crippen molar-refractivity contribution in [2.24, 2.45) is 0 Å². The summed E-state index contributed by atoms with van der Waals surface area (Å²) >= 11 is 0. The molecule has 0 aliphatic rings. The van der Waals surface area contributed by atoms with E-state index < -0.39 is 24.3 Å². The van der Waals surface area contributed by atoms with Crippen molar-refractivity contribution in [3.05, 3.63) is 95.1 Å². The van der Waals surface area contributed by atoms with Gasteiger partial charge in [0.1, 0.15) is 5.75 Å². The van der Waals surface area contributed by atoms with Crippen LogP contribution in [0.2, 0.25) is 0 Å². The fourth-order valence-corrected chi connectivity index (χ4v) is 3.22. The Morgan fingerprint density at radius 2 is 1.43 bits per heavy atom. The Morgan fingerprint density at radius 3 is 2.03 bits per heavy atom. The van der Waals surface area contributed by atoms with E-state index in [-0.39, 0.29) is 16.9 Å². The molecule has 0 fully saturated rings. The molecule has 0 aliphatic heterocycles. The topological polar surface area (TPSA) is 98.8 Å². The van der Waals surface area contributed by atoms with Gasteiger partial charge in [-0.05, 0) is 65.6 Å². The van der Waals surface area contributed by atoms with Crippen LogP contribution >= 0.6 is 0 Å². The molecule has 0 aromatic heterocycles. The normalized spacial score (nSPS) is 10.9. The average molecular weight is 474 g/mol. The van der Waals surface area contributed by atoms with Gasteiger partial charge in [-0.25, -0.2) is 4.79 Å². The summed E-state index contributed by atoms with van der Waals surface area (Å²) in [5.74, 6) is -1.55. The van der Waals surface area contributed by atoms with E-state index in [2.05, 4.69) is 26.1 Å². The molecule has 0 spiro atoms. The molecule has 1 N–H and O–H groups in total. The Labute approximate surface area is 204 Å². The summed E-state index contributed by atoms with van der Waals surface area (Å²) in [6.45, 7) is 7.12. The van der Waals surface area contributed by atoms with Gasteiger partial charge in [-0.1, -0.05) is 39.0 Å². The maximum atomic E-state index is 12.6. The zero-order valence-electron chi connectivity index (χ0n) is 20.1. The lowest BCUT2D eigenvalue weighted by atomic mass is 9.87. The average Bonchev–Trinajstić information content (AvgIpc) is 2.82. The first-order valence-electron chi connectivity index (χ1n) is 11.0. The molecule has 35 heavy (non-hydrogen) atoms. The van der Waals surface area contributed by atoms with Gasteiger partial charge in [0, 0.05) is 23.7 Å². The van der Waals surface area contributed by atoms with Crippen molar-refractivity contribution in [2.75, 3.05) is 11.9 Å². The molecule has 0 unspecified atom stereocenters. The number of esters is 2. The second kappa shape index (κ2) is 10.8. The van der Waals surface area contributed by atoms with Crippen LogP contribution < -0.4 is 10.1 Å². The lowest BCUT2D eigenvalue weighted by Gasteiger charge is -2.19. The second-order valence-corrected chi connectivity index (χ2v) is 8.98. The molecule has 0 saturated carbocycles. The number of benzene rings is 3. The standard InChI is InChI=1S/C28H27NO6/c1-18(30)35-24-14-10-19(11-15-24)25(31)17-34-27(33)21-6-5-7-23(16-21)29-26(32)20-8-12-22(13-9-20)28(2,3)4/h5-16H,17H2,1-4H3,(H,29,32). The van der Waals surface area contributed by atoms with Gasteiger partial charge in [0.2, 0.25) is 0 Å².